The molecule has 0 spiro atoms. The maximum absolute atomic E-state index is 9.82. The summed E-state index contributed by atoms with van der Waals surface area (Å²) >= 11 is 0. The van der Waals surface area contributed by atoms with E-state index in [2.05, 4.69) is 20.4 Å². The number of rotatable bonds is 1. The summed E-state index contributed by atoms with van der Waals surface area (Å²) in [6.07, 6.45) is 2.03. The van der Waals surface area contributed by atoms with Crippen LogP contribution in [0.4, 0.5) is 0 Å². The van der Waals surface area contributed by atoms with Crippen LogP contribution in [0.2, 0.25) is 0 Å². The molecule has 0 bridgehead atoms. The third-order valence-corrected chi connectivity index (χ3v) is 3.01. The Hall–Kier alpha value is -0.300. The molecule has 1 heteroatoms. The van der Waals surface area contributed by atoms with Crippen molar-refractivity contribution in [3.8, 4) is 0 Å². The largest absolute Gasteiger partial charge is 0.392 e. The van der Waals surface area contributed by atoms with Crippen molar-refractivity contribution in [2.24, 2.45) is 17.8 Å². The summed E-state index contributed by atoms with van der Waals surface area (Å²) in [6.45, 7) is 10.4. The first kappa shape index (κ1) is 9.79. The van der Waals surface area contributed by atoms with Crippen molar-refractivity contribution >= 4 is 0 Å². The average Bonchev–Trinajstić information content (AvgIpc) is 1.82. The summed E-state index contributed by atoms with van der Waals surface area (Å²) in [4.78, 5) is 0. The Kier molecular flexibility index (Phi) is 2.94. The number of aliphatic hydroxyl groups is 1. The summed E-state index contributed by atoms with van der Waals surface area (Å²) < 4.78 is 0. The highest BCUT2D eigenvalue weighted by Crippen LogP contribution is 2.36. The molecule has 0 amide bonds. The molecule has 4 unspecified atom stereocenters. The summed E-state index contributed by atoms with van der Waals surface area (Å²) in [5, 5.41) is 9.82. The molecule has 1 N–H and O–H groups in total. The first-order valence-corrected chi connectivity index (χ1v) is 4.85. The van der Waals surface area contributed by atoms with Gasteiger partial charge in [0.15, 0.2) is 0 Å². The lowest BCUT2D eigenvalue weighted by Crippen LogP contribution is -2.34. The molecule has 1 fully saturated rings. The summed E-state index contributed by atoms with van der Waals surface area (Å²) in [6, 6.07) is 0. The van der Waals surface area contributed by atoms with Gasteiger partial charge in [-0.05, 0) is 31.6 Å². The lowest BCUT2D eigenvalue weighted by Gasteiger charge is -2.37. The minimum absolute atomic E-state index is 0.152. The number of hydrogen-bond donors (Lipinski definition) is 1. The van der Waals surface area contributed by atoms with E-state index in [-0.39, 0.29) is 6.10 Å². The molecule has 12 heavy (non-hydrogen) atoms. The fourth-order valence-corrected chi connectivity index (χ4v) is 2.63. The van der Waals surface area contributed by atoms with Crippen molar-refractivity contribution in [1.29, 1.82) is 0 Å². The van der Waals surface area contributed by atoms with Crippen LogP contribution in [-0.2, 0) is 0 Å². The van der Waals surface area contributed by atoms with Crippen molar-refractivity contribution in [3.05, 3.63) is 12.2 Å². The molecule has 0 aromatic carbocycles. The van der Waals surface area contributed by atoms with Crippen LogP contribution in [0.15, 0.2) is 12.2 Å². The second-order valence-corrected chi connectivity index (χ2v) is 4.49. The Morgan fingerprint density at radius 2 is 1.92 bits per heavy atom. The third-order valence-electron chi connectivity index (χ3n) is 3.01. The van der Waals surface area contributed by atoms with E-state index >= 15 is 0 Å². The third kappa shape index (κ3) is 1.89. The summed E-state index contributed by atoms with van der Waals surface area (Å²) in [5.74, 6) is 1.60. The van der Waals surface area contributed by atoms with Crippen LogP contribution in [0.1, 0.15) is 33.6 Å². The van der Waals surface area contributed by atoms with Gasteiger partial charge in [0.2, 0.25) is 0 Å². The van der Waals surface area contributed by atoms with Gasteiger partial charge >= 0.3 is 0 Å². The van der Waals surface area contributed by atoms with Crippen molar-refractivity contribution in [2.45, 2.75) is 39.7 Å². The molecular weight excluding hydrogens is 148 g/mol. The van der Waals surface area contributed by atoms with E-state index < -0.39 is 0 Å². The van der Waals surface area contributed by atoms with Gasteiger partial charge in [-0.15, -0.1) is 0 Å². The standard InChI is InChI=1S/C11H20O/c1-7(2)11-9(4)5-8(3)6-10(11)12/h8-12H,1,5-6H2,2-4H3. The Balaban J connectivity index is 2.66. The second kappa shape index (κ2) is 3.61. The highest BCUT2D eigenvalue weighted by Gasteiger charge is 2.32. The molecule has 4 atom stereocenters. The molecule has 0 heterocycles. The maximum atomic E-state index is 9.82. The second-order valence-electron chi connectivity index (χ2n) is 4.49. The first-order chi connectivity index (χ1) is 5.52. The van der Waals surface area contributed by atoms with Crippen LogP contribution >= 0.6 is 0 Å². The lowest BCUT2D eigenvalue weighted by atomic mass is 9.71. The van der Waals surface area contributed by atoms with Gasteiger partial charge in [-0.1, -0.05) is 26.0 Å². The lowest BCUT2D eigenvalue weighted by molar-refractivity contribution is 0.0347. The molecule has 0 aromatic heterocycles. The van der Waals surface area contributed by atoms with Gasteiger partial charge < -0.3 is 5.11 Å². The van der Waals surface area contributed by atoms with Gasteiger partial charge in [-0.25, -0.2) is 0 Å². The van der Waals surface area contributed by atoms with Crippen LogP contribution in [0.25, 0.3) is 0 Å². The summed E-state index contributed by atoms with van der Waals surface area (Å²) in [5.41, 5.74) is 1.14. The predicted octanol–water partition coefficient (Wildman–Crippen LogP) is 2.61. The monoisotopic (exact) mass is 168 g/mol. The van der Waals surface area contributed by atoms with Gasteiger partial charge in [-0.2, -0.15) is 0 Å². The van der Waals surface area contributed by atoms with Gasteiger partial charge in [0.1, 0.15) is 0 Å². The fourth-order valence-electron chi connectivity index (χ4n) is 2.63. The zero-order valence-corrected chi connectivity index (χ0v) is 8.38. The fraction of sp³-hybridized carbons (Fsp3) is 0.818. The number of aliphatic hydroxyl groups excluding tert-OH is 1. The van der Waals surface area contributed by atoms with Gasteiger partial charge in [-0.3, -0.25) is 0 Å². The highest BCUT2D eigenvalue weighted by molar-refractivity contribution is 5.03. The van der Waals surface area contributed by atoms with Crippen molar-refractivity contribution < 1.29 is 5.11 Å². The van der Waals surface area contributed by atoms with Crippen LogP contribution in [0.5, 0.6) is 0 Å². The van der Waals surface area contributed by atoms with E-state index in [9.17, 15) is 5.11 Å². The van der Waals surface area contributed by atoms with Gasteiger partial charge in [0.25, 0.3) is 0 Å². The molecule has 70 valence electrons. The van der Waals surface area contributed by atoms with E-state index in [1.807, 2.05) is 6.92 Å². The predicted molar refractivity (Wildman–Crippen MR) is 51.9 cm³/mol. The van der Waals surface area contributed by atoms with Crippen molar-refractivity contribution in [1.82, 2.24) is 0 Å². The SMILES string of the molecule is C=C(C)C1C(C)CC(C)CC1O. The summed E-state index contributed by atoms with van der Waals surface area (Å²) in [7, 11) is 0. The maximum Gasteiger partial charge on any atom is 0.0610 e. The van der Waals surface area contributed by atoms with Crippen LogP contribution in [-0.4, -0.2) is 11.2 Å². The molecule has 1 aliphatic carbocycles. The Morgan fingerprint density at radius 3 is 2.33 bits per heavy atom. The Morgan fingerprint density at radius 1 is 1.33 bits per heavy atom. The van der Waals surface area contributed by atoms with Gasteiger partial charge in [0, 0.05) is 5.92 Å². The molecular formula is C11H20O. The Bertz CT molecular complexity index is 162. The molecule has 1 rings (SSSR count). The minimum Gasteiger partial charge on any atom is -0.392 e. The normalized spacial score (nSPS) is 42.7. The topological polar surface area (TPSA) is 20.2 Å². The van der Waals surface area contributed by atoms with E-state index in [0.717, 1.165) is 12.0 Å². The van der Waals surface area contributed by atoms with E-state index in [0.29, 0.717) is 17.8 Å². The smallest absolute Gasteiger partial charge is 0.0610 e. The molecule has 0 radical (unpaired) electrons. The van der Waals surface area contributed by atoms with Crippen LogP contribution < -0.4 is 0 Å². The van der Waals surface area contributed by atoms with E-state index in [4.69, 9.17) is 0 Å². The zero-order chi connectivity index (χ0) is 9.30. The van der Waals surface area contributed by atoms with E-state index in [1.54, 1.807) is 0 Å². The quantitative estimate of drug-likeness (QED) is 0.597. The highest BCUT2D eigenvalue weighted by atomic mass is 16.3. The minimum atomic E-state index is -0.152. The molecule has 1 nitrogen and oxygen atoms in total. The molecule has 1 aliphatic rings. The average molecular weight is 168 g/mol. The van der Waals surface area contributed by atoms with E-state index in [1.165, 1.54) is 6.42 Å². The molecule has 1 saturated carbocycles. The van der Waals surface area contributed by atoms with Crippen molar-refractivity contribution in [3.63, 3.8) is 0 Å². The number of hydrogen-bond acceptors (Lipinski definition) is 1. The Labute approximate surface area is 75.5 Å². The first-order valence-electron chi connectivity index (χ1n) is 4.85. The molecule has 0 aliphatic heterocycles. The van der Waals surface area contributed by atoms with Gasteiger partial charge in [0.05, 0.1) is 6.10 Å². The van der Waals surface area contributed by atoms with Crippen LogP contribution in [0, 0.1) is 17.8 Å². The molecule has 0 saturated heterocycles. The molecule has 0 aromatic rings. The van der Waals surface area contributed by atoms with Crippen LogP contribution in [0.3, 0.4) is 0 Å². The zero-order valence-electron chi connectivity index (χ0n) is 8.38. The van der Waals surface area contributed by atoms with Crippen molar-refractivity contribution in [2.75, 3.05) is 0 Å².